The zero-order valence-corrected chi connectivity index (χ0v) is 35.4. The van der Waals surface area contributed by atoms with Crippen LogP contribution in [0.1, 0.15) is 0 Å². The molecule has 2 aromatic heterocycles. The summed E-state index contributed by atoms with van der Waals surface area (Å²) in [7, 11) is -2.05. The number of fused-ring (bicyclic) bond motifs is 6. The van der Waals surface area contributed by atoms with Crippen LogP contribution >= 0.6 is 10.0 Å². The largest absolute Gasteiger partial charge is 0.309 e. The van der Waals surface area contributed by atoms with E-state index in [-0.39, 0.29) is 0 Å². The lowest BCUT2D eigenvalue weighted by Gasteiger charge is -2.42. The minimum absolute atomic E-state index is 1.13. The monoisotopic (exact) mass is 822 g/mol. The second-order valence-electron chi connectivity index (χ2n) is 16.1. The van der Waals surface area contributed by atoms with Gasteiger partial charge >= 0.3 is 0 Å². The van der Waals surface area contributed by atoms with E-state index < -0.39 is 10.0 Å². The molecule has 0 unspecified atom stereocenters. The summed E-state index contributed by atoms with van der Waals surface area (Å²) in [5.74, 6) is 0. The van der Waals surface area contributed by atoms with Gasteiger partial charge in [0.2, 0.25) is 0 Å². The molecular weight excluding hydrogens is 781 g/mol. The smallest absolute Gasteiger partial charge is 0.0552 e. The van der Waals surface area contributed by atoms with Crippen molar-refractivity contribution < 1.29 is 0 Å². The van der Waals surface area contributed by atoms with Gasteiger partial charge < -0.3 is 9.13 Å². The molecule has 0 saturated heterocycles. The Hall–Kier alpha value is -7.85. The van der Waals surface area contributed by atoms with E-state index >= 15 is 0 Å². The molecule has 0 saturated carbocycles. The Morgan fingerprint density at radius 1 is 0.286 bits per heavy atom. The summed E-state index contributed by atoms with van der Waals surface area (Å²) in [5, 5.41) is 4.96. The predicted molar refractivity (Wildman–Crippen MR) is 266 cm³/mol. The normalized spacial score (nSPS) is 12.1. The highest BCUT2D eigenvalue weighted by molar-refractivity contribution is 8.34. The van der Waals surface area contributed by atoms with Gasteiger partial charge in [-0.3, -0.25) is 0 Å². The molecule has 12 rings (SSSR count). The number of hydrogen-bond donors (Lipinski definition) is 0. The second-order valence-corrected chi connectivity index (χ2v) is 19.2. The summed E-state index contributed by atoms with van der Waals surface area (Å²) < 4.78 is 4.98. The van der Waals surface area contributed by atoms with Crippen molar-refractivity contribution >= 4 is 53.6 Å². The molecule has 0 radical (unpaired) electrons. The van der Waals surface area contributed by atoms with Crippen molar-refractivity contribution in [2.24, 2.45) is 0 Å². The maximum atomic E-state index is 2.52. The van der Waals surface area contributed by atoms with Crippen molar-refractivity contribution in [2.45, 2.75) is 19.6 Å². The molecule has 10 aromatic carbocycles. The van der Waals surface area contributed by atoms with Gasteiger partial charge in [0, 0.05) is 52.4 Å². The Balaban J connectivity index is 1.23. The zero-order valence-electron chi connectivity index (χ0n) is 34.6. The first-order valence-corrected chi connectivity index (χ1v) is 23.2. The second kappa shape index (κ2) is 15.3. The van der Waals surface area contributed by atoms with Crippen LogP contribution in [0.5, 0.6) is 0 Å². The van der Waals surface area contributed by atoms with Crippen molar-refractivity contribution in [3.8, 4) is 33.6 Å². The van der Waals surface area contributed by atoms with Crippen LogP contribution in [0.2, 0.25) is 0 Å². The Bertz CT molecular complexity index is 3500. The van der Waals surface area contributed by atoms with Crippen LogP contribution in [0.4, 0.5) is 0 Å². The first-order chi connectivity index (χ1) is 31.3. The SMILES string of the molecule is c1ccc(-c2ccc3c(c2)c2ccccc2n3-c2ccc3c(c2)c2c(S(c4ccccc4)(c4ccccc4)c4ccccc4)cccc2n3-c2ccccc2-c2ccccc2)cc1. The summed E-state index contributed by atoms with van der Waals surface area (Å²) in [4.78, 5) is 5.21. The van der Waals surface area contributed by atoms with E-state index in [4.69, 9.17) is 0 Å². The van der Waals surface area contributed by atoms with Crippen molar-refractivity contribution in [1.82, 2.24) is 9.13 Å². The molecule has 298 valence electrons. The van der Waals surface area contributed by atoms with Crippen LogP contribution in [0.25, 0.3) is 77.2 Å². The van der Waals surface area contributed by atoms with Crippen LogP contribution in [0, 0.1) is 0 Å². The van der Waals surface area contributed by atoms with Gasteiger partial charge in [0.15, 0.2) is 0 Å². The molecule has 0 aliphatic heterocycles. The van der Waals surface area contributed by atoms with Crippen molar-refractivity contribution in [3.05, 3.63) is 255 Å². The van der Waals surface area contributed by atoms with Crippen LogP contribution in [-0.2, 0) is 0 Å². The van der Waals surface area contributed by atoms with Crippen LogP contribution in [0.3, 0.4) is 0 Å². The maximum Gasteiger partial charge on any atom is 0.0552 e. The fraction of sp³-hybridized carbons (Fsp3) is 0. The minimum Gasteiger partial charge on any atom is -0.309 e. The van der Waals surface area contributed by atoms with Gasteiger partial charge in [0.25, 0.3) is 0 Å². The van der Waals surface area contributed by atoms with E-state index in [2.05, 4.69) is 264 Å². The molecule has 2 nitrogen and oxygen atoms in total. The summed E-state index contributed by atoms with van der Waals surface area (Å²) >= 11 is 0. The number of rotatable bonds is 8. The molecular formula is C60H42N2S. The van der Waals surface area contributed by atoms with Crippen molar-refractivity contribution in [1.29, 1.82) is 0 Å². The van der Waals surface area contributed by atoms with E-state index in [1.165, 1.54) is 85.4 Å². The Morgan fingerprint density at radius 3 is 1.46 bits per heavy atom. The summed E-state index contributed by atoms with van der Waals surface area (Å²) in [6.45, 7) is 0. The molecule has 0 aliphatic rings. The molecule has 0 amide bonds. The van der Waals surface area contributed by atoms with Gasteiger partial charge in [-0.2, -0.15) is 0 Å². The first kappa shape index (κ1) is 37.0. The lowest BCUT2D eigenvalue weighted by molar-refractivity contribution is 1.16. The third-order valence-corrected chi connectivity index (χ3v) is 16.6. The molecule has 0 bridgehead atoms. The molecule has 0 fully saturated rings. The number of hydrogen-bond acceptors (Lipinski definition) is 0. The van der Waals surface area contributed by atoms with Gasteiger partial charge in [-0.25, -0.2) is 0 Å². The Labute approximate surface area is 368 Å². The van der Waals surface area contributed by atoms with Gasteiger partial charge in [0.1, 0.15) is 0 Å². The maximum absolute atomic E-state index is 2.52. The number of nitrogens with zero attached hydrogens (tertiary/aromatic N) is 2. The lowest BCUT2D eigenvalue weighted by Crippen LogP contribution is -2.05. The molecule has 63 heavy (non-hydrogen) atoms. The Morgan fingerprint density at radius 2 is 0.794 bits per heavy atom. The molecule has 2 heterocycles. The number of aromatic nitrogens is 2. The van der Waals surface area contributed by atoms with E-state index in [1.54, 1.807) is 0 Å². The fourth-order valence-corrected chi connectivity index (χ4v) is 14.0. The highest BCUT2D eigenvalue weighted by Gasteiger charge is 2.36. The number of benzene rings is 10. The topological polar surface area (TPSA) is 9.86 Å². The van der Waals surface area contributed by atoms with E-state index in [1.807, 2.05) is 0 Å². The zero-order chi connectivity index (χ0) is 41.7. The molecule has 3 heteroatoms. The number of para-hydroxylation sites is 2. The standard InChI is InChI=1S/C60H42N2S/c1-6-21-43(22-7-1)45-37-39-56-52(41-45)51-32-17-19-34-55(51)61(56)46-38-40-57-53(42-46)60-58(62(57)54-33-18-16-31-50(54)44-23-8-2-9-24-44)35-20-36-59(60)63(47-25-10-3-11-26-47,48-27-12-4-13-28-48)49-29-14-5-15-30-49/h1-42H. The fourth-order valence-electron chi connectivity index (χ4n) is 9.93. The highest BCUT2D eigenvalue weighted by Crippen LogP contribution is 2.75. The van der Waals surface area contributed by atoms with Crippen LogP contribution < -0.4 is 0 Å². The van der Waals surface area contributed by atoms with E-state index in [9.17, 15) is 0 Å². The minimum atomic E-state index is -2.05. The molecule has 0 atom stereocenters. The molecule has 0 aliphatic carbocycles. The summed E-state index contributed by atoms with van der Waals surface area (Å²) in [5.41, 5.74) is 11.8. The average Bonchev–Trinajstić information content (AvgIpc) is 3.88. The summed E-state index contributed by atoms with van der Waals surface area (Å²) in [6, 6.07) is 94.0. The predicted octanol–water partition coefficient (Wildman–Crippen LogP) is 16.6. The van der Waals surface area contributed by atoms with Crippen molar-refractivity contribution in [3.63, 3.8) is 0 Å². The average molecular weight is 823 g/mol. The van der Waals surface area contributed by atoms with Gasteiger partial charge in [-0.1, -0.05) is 164 Å². The van der Waals surface area contributed by atoms with Crippen LogP contribution in [0.15, 0.2) is 274 Å². The molecule has 0 N–H and O–H groups in total. The van der Waals surface area contributed by atoms with Gasteiger partial charge in [0.05, 0.1) is 27.8 Å². The molecule has 0 spiro atoms. The summed E-state index contributed by atoms with van der Waals surface area (Å²) in [6.07, 6.45) is 0. The first-order valence-electron chi connectivity index (χ1n) is 21.6. The molecule has 12 aromatic rings. The quantitative estimate of drug-likeness (QED) is 0.144. The lowest BCUT2D eigenvalue weighted by atomic mass is 10.0. The van der Waals surface area contributed by atoms with Crippen LogP contribution in [-0.4, -0.2) is 9.13 Å². The van der Waals surface area contributed by atoms with Gasteiger partial charge in [-0.15, -0.1) is 10.0 Å². The third-order valence-electron chi connectivity index (χ3n) is 12.6. The van der Waals surface area contributed by atoms with Crippen molar-refractivity contribution in [2.75, 3.05) is 0 Å². The van der Waals surface area contributed by atoms with E-state index in [0.717, 1.165) is 11.4 Å². The third kappa shape index (κ3) is 5.89. The van der Waals surface area contributed by atoms with E-state index in [0.29, 0.717) is 0 Å². The Kier molecular flexibility index (Phi) is 8.95. The van der Waals surface area contributed by atoms with Gasteiger partial charge in [-0.05, 0) is 108 Å². The highest BCUT2D eigenvalue weighted by atomic mass is 32.3.